The van der Waals surface area contributed by atoms with Crippen LogP contribution < -0.4 is 0 Å². The molecule has 0 aliphatic carbocycles. The average Bonchev–Trinajstić information content (AvgIpc) is 2.94. The number of fused-ring (bicyclic) bond motifs is 1. The van der Waals surface area contributed by atoms with Gasteiger partial charge in [-0.2, -0.15) is 0 Å². The number of hydrogen-bond donors (Lipinski definition) is 0. The standard InChI is InChI=1S/C15H16O5/c1-9(16)13-14(11-7-12(17)19-15(11)20-13)18-8-10-5-3-2-4-6-10/h2-6,11,13-15H,7-8H2,1H3/t11-,13-,14-,15+/m1/s1. The molecule has 5 heteroatoms. The molecule has 0 spiro atoms. The van der Waals surface area contributed by atoms with E-state index in [0.717, 1.165) is 5.56 Å². The molecule has 3 rings (SSSR count). The van der Waals surface area contributed by atoms with E-state index in [2.05, 4.69) is 0 Å². The Labute approximate surface area is 116 Å². The van der Waals surface area contributed by atoms with Crippen molar-refractivity contribution in [1.82, 2.24) is 0 Å². The zero-order valence-corrected chi connectivity index (χ0v) is 11.2. The third kappa shape index (κ3) is 2.46. The average molecular weight is 276 g/mol. The van der Waals surface area contributed by atoms with Crippen LogP contribution in [0.25, 0.3) is 0 Å². The topological polar surface area (TPSA) is 61.8 Å². The molecule has 0 unspecified atom stereocenters. The number of benzene rings is 1. The lowest BCUT2D eigenvalue weighted by molar-refractivity contribution is -0.169. The van der Waals surface area contributed by atoms with Crippen LogP contribution in [0.5, 0.6) is 0 Å². The number of ether oxygens (including phenoxy) is 3. The van der Waals surface area contributed by atoms with E-state index in [1.165, 1.54) is 6.92 Å². The van der Waals surface area contributed by atoms with Gasteiger partial charge in [-0.15, -0.1) is 0 Å². The number of hydrogen-bond acceptors (Lipinski definition) is 5. The van der Waals surface area contributed by atoms with Gasteiger partial charge in [-0.25, -0.2) is 0 Å². The lowest BCUT2D eigenvalue weighted by Gasteiger charge is -2.19. The largest absolute Gasteiger partial charge is 0.435 e. The summed E-state index contributed by atoms with van der Waals surface area (Å²) in [6, 6.07) is 9.69. The third-order valence-electron chi connectivity index (χ3n) is 3.69. The fourth-order valence-electron chi connectivity index (χ4n) is 2.70. The predicted molar refractivity (Wildman–Crippen MR) is 68.6 cm³/mol. The summed E-state index contributed by atoms with van der Waals surface area (Å²) < 4.78 is 16.4. The summed E-state index contributed by atoms with van der Waals surface area (Å²) in [7, 11) is 0. The van der Waals surface area contributed by atoms with Crippen LogP contribution >= 0.6 is 0 Å². The van der Waals surface area contributed by atoms with Crippen molar-refractivity contribution in [3.8, 4) is 0 Å². The number of rotatable bonds is 4. The van der Waals surface area contributed by atoms with Gasteiger partial charge in [0.05, 0.1) is 18.9 Å². The molecule has 2 aliphatic heterocycles. The molecule has 106 valence electrons. The molecule has 2 heterocycles. The van der Waals surface area contributed by atoms with E-state index in [1.807, 2.05) is 30.3 Å². The molecule has 1 aromatic rings. The lowest BCUT2D eigenvalue weighted by atomic mass is 9.97. The van der Waals surface area contributed by atoms with Crippen LogP contribution in [0.3, 0.4) is 0 Å². The SMILES string of the molecule is CC(=O)[C@H]1O[C@@H]2OC(=O)C[C@@H]2[C@H]1OCc1ccccc1. The van der Waals surface area contributed by atoms with Crippen molar-refractivity contribution >= 4 is 11.8 Å². The Morgan fingerprint density at radius 3 is 2.80 bits per heavy atom. The first kappa shape index (κ1) is 13.3. The molecule has 2 aliphatic rings. The maximum absolute atomic E-state index is 11.6. The molecule has 0 bridgehead atoms. The molecule has 2 saturated heterocycles. The van der Waals surface area contributed by atoms with Gasteiger partial charge >= 0.3 is 5.97 Å². The van der Waals surface area contributed by atoms with Crippen molar-refractivity contribution in [3.63, 3.8) is 0 Å². The van der Waals surface area contributed by atoms with E-state index in [1.54, 1.807) is 0 Å². The summed E-state index contributed by atoms with van der Waals surface area (Å²) in [6.45, 7) is 1.85. The van der Waals surface area contributed by atoms with E-state index in [4.69, 9.17) is 14.2 Å². The number of esters is 1. The minimum Gasteiger partial charge on any atom is -0.435 e. The second-order valence-electron chi connectivity index (χ2n) is 5.15. The van der Waals surface area contributed by atoms with E-state index in [9.17, 15) is 9.59 Å². The number of ketones is 1. The highest BCUT2D eigenvalue weighted by atomic mass is 16.7. The number of carbonyl (C=O) groups is 2. The van der Waals surface area contributed by atoms with E-state index < -0.39 is 18.5 Å². The Balaban J connectivity index is 1.71. The Bertz CT molecular complexity index is 512. The van der Waals surface area contributed by atoms with Crippen LogP contribution in [-0.4, -0.2) is 30.3 Å². The van der Waals surface area contributed by atoms with Crippen molar-refractivity contribution in [2.24, 2.45) is 5.92 Å². The first-order valence-corrected chi connectivity index (χ1v) is 6.66. The molecular formula is C15H16O5. The first-order valence-electron chi connectivity index (χ1n) is 6.66. The molecule has 2 fully saturated rings. The summed E-state index contributed by atoms with van der Waals surface area (Å²) in [5, 5.41) is 0. The molecule has 1 aromatic carbocycles. The summed E-state index contributed by atoms with van der Waals surface area (Å²) >= 11 is 0. The van der Waals surface area contributed by atoms with Gasteiger partial charge in [-0.05, 0) is 12.5 Å². The molecule has 0 amide bonds. The maximum atomic E-state index is 11.6. The molecule has 5 nitrogen and oxygen atoms in total. The van der Waals surface area contributed by atoms with Crippen LogP contribution in [0.4, 0.5) is 0 Å². The van der Waals surface area contributed by atoms with Crippen LogP contribution in [0, 0.1) is 5.92 Å². The normalized spacial score (nSPS) is 31.9. The van der Waals surface area contributed by atoms with Crippen molar-refractivity contribution in [2.75, 3.05) is 0 Å². The van der Waals surface area contributed by atoms with Crippen molar-refractivity contribution in [2.45, 2.75) is 38.4 Å². The fraction of sp³-hybridized carbons (Fsp3) is 0.467. The lowest BCUT2D eigenvalue weighted by Crippen LogP contribution is -2.34. The Morgan fingerprint density at radius 2 is 2.10 bits per heavy atom. The van der Waals surface area contributed by atoms with E-state index in [-0.39, 0.29) is 24.1 Å². The summed E-state index contributed by atoms with van der Waals surface area (Å²) in [6.07, 6.45) is -1.48. The quantitative estimate of drug-likeness (QED) is 0.779. The van der Waals surface area contributed by atoms with Crippen LogP contribution in [0.2, 0.25) is 0 Å². The summed E-state index contributed by atoms with van der Waals surface area (Å²) in [4.78, 5) is 22.9. The fourth-order valence-corrected chi connectivity index (χ4v) is 2.70. The van der Waals surface area contributed by atoms with Gasteiger partial charge in [0, 0.05) is 0 Å². The van der Waals surface area contributed by atoms with Gasteiger partial charge in [-0.1, -0.05) is 30.3 Å². The van der Waals surface area contributed by atoms with Crippen LogP contribution in [-0.2, 0) is 30.4 Å². The molecule has 0 N–H and O–H groups in total. The second-order valence-corrected chi connectivity index (χ2v) is 5.15. The Morgan fingerprint density at radius 1 is 1.35 bits per heavy atom. The van der Waals surface area contributed by atoms with E-state index >= 15 is 0 Å². The Hall–Kier alpha value is -1.72. The van der Waals surface area contributed by atoms with Gasteiger partial charge in [0.15, 0.2) is 5.78 Å². The highest BCUT2D eigenvalue weighted by molar-refractivity contribution is 5.82. The predicted octanol–water partition coefficient (Wildman–Crippen LogP) is 1.45. The minimum atomic E-state index is -0.651. The monoisotopic (exact) mass is 276 g/mol. The number of Topliss-reactive ketones (excluding diaryl/α,β-unsaturated/α-hetero) is 1. The Kier molecular flexibility index (Phi) is 3.54. The second kappa shape index (κ2) is 5.34. The first-order chi connectivity index (χ1) is 9.65. The molecule has 0 aromatic heterocycles. The van der Waals surface area contributed by atoms with Crippen LogP contribution in [0.1, 0.15) is 18.9 Å². The molecule has 0 saturated carbocycles. The van der Waals surface area contributed by atoms with Gasteiger partial charge in [0.2, 0.25) is 6.29 Å². The summed E-state index contributed by atoms with van der Waals surface area (Å²) in [5.41, 5.74) is 1.02. The zero-order chi connectivity index (χ0) is 14.1. The van der Waals surface area contributed by atoms with Gasteiger partial charge in [0.25, 0.3) is 0 Å². The highest BCUT2D eigenvalue weighted by Crippen LogP contribution is 2.38. The van der Waals surface area contributed by atoms with Crippen molar-refractivity contribution in [1.29, 1.82) is 0 Å². The molecule has 4 atom stereocenters. The highest BCUT2D eigenvalue weighted by Gasteiger charge is 2.53. The van der Waals surface area contributed by atoms with Gasteiger partial charge in [-0.3, -0.25) is 9.59 Å². The summed E-state index contributed by atoms with van der Waals surface area (Å²) in [5.74, 6) is -0.594. The van der Waals surface area contributed by atoms with Crippen LogP contribution in [0.15, 0.2) is 30.3 Å². The van der Waals surface area contributed by atoms with Gasteiger partial charge in [0.1, 0.15) is 12.2 Å². The minimum absolute atomic E-state index is 0.103. The molecular weight excluding hydrogens is 260 g/mol. The maximum Gasteiger partial charge on any atom is 0.308 e. The van der Waals surface area contributed by atoms with Crippen molar-refractivity contribution in [3.05, 3.63) is 35.9 Å². The molecule has 0 radical (unpaired) electrons. The third-order valence-corrected chi connectivity index (χ3v) is 3.69. The smallest absolute Gasteiger partial charge is 0.308 e. The van der Waals surface area contributed by atoms with E-state index in [0.29, 0.717) is 6.61 Å². The zero-order valence-electron chi connectivity index (χ0n) is 11.2. The molecule has 20 heavy (non-hydrogen) atoms. The van der Waals surface area contributed by atoms with Gasteiger partial charge < -0.3 is 14.2 Å². The number of carbonyl (C=O) groups excluding carboxylic acids is 2. The van der Waals surface area contributed by atoms with Crippen molar-refractivity contribution < 1.29 is 23.8 Å².